The number of carbonyl (C=O) groups is 2. The molecule has 0 bridgehead atoms. The number of thioether (sulfide) groups is 1. The van der Waals surface area contributed by atoms with Crippen LogP contribution in [-0.2, 0) is 4.79 Å². The molecule has 0 spiro atoms. The third kappa shape index (κ3) is 2.41. The molecule has 0 aromatic carbocycles. The average molecular weight is 251 g/mol. The van der Waals surface area contributed by atoms with Gasteiger partial charge in [-0.1, -0.05) is 0 Å². The van der Waals surface area contributed by atoms with Crippen molar-refractivity contribution < 1.29 is 9.59 Å². The van der Waals surface area contributed by atoms with E-state index in [-0.39, 0.29) is 11.9 Å². The lowest BCUT2D eigenvalue weighted by molar-refractivity contribution is -0.118. The second-order valence-electron chi connectivity index (χ2n) is 3.66. The monoisotopic (exact) mass is 251 g/mol. The van der Waals surface area contributed by atoms with E-state index >= 15 is 0 Å². The van der Waals surface area contributed by atoms with E-state index in [0.29, 0.717) is 12.1 Å². The van der Waals surface area contributed by atoms with Crippen molar-refractivity contribution in [2.75, 3.05) is 16.9 Å². The quantitative estimate of drug-likeness (QED) is 0.818. The summed E-state index contributed by atoms with van der Waals surface area (Å²) in [5, 5.41) is 2.69. The third-order valence-corrected chi connectivity index (χ3v) is 3.19. The van der Waals surface area contributed by atoms with Crippen LogP contribution >= 0.6 is 11.8 Å². The normalized spacial score (nSPS) is 19.6. The Kier molecular flexibility index (Phi) is 3.63. The first kappa shape index (κ1) is 11.9. The first-order chi connectivity index (χ1) is 8.24. The molecule has 0 aliphatic carbocycles. The van der Waals surface area contributed by atoms with Crippen molar-refractivity contribution in [1.29, 1.82) is 0 Å². The number of anilines is 1. The highest BCUT2D eigenvalue weighted by Gasteiger charge is 2.38. The Bertz CT molecular complexity index is 424. The first-order valence-corrected chi connectivity index (χ1v) is 6.67. The molecule has 1 aliphatic rings. The van der Waals surface area contributed by atoms with Crippen LogP contribution in [0.25, 0.3) is 0 Å². The van der Waals surface area contributed by atoms with Gasteiger partial charge in [0.2, 0.25) is 0 Å². The van der Waals surface area contributed by atoms with Crippen molar-refractivity contribution in [3.63, 3.8) is 0 Å². The summed E-state index contributed by atoms with van der Waals surface area (Å²) in [6.07, 6.45) is 5.76. The number of nitrogens with zero attached hydrogens (tertiary/aromatic N) is 2. The van der Waals surface area contributed by atoms with E-state index in [0.717, 1.165) is 5.75 Å². The molecule has 1 N–H and O–H groups in total. The Morgan fingerprint density at radius 1 is 1.41 bits per heavy atom. The van der Waals surface area contributed by atoms with Crippen molar-refractivity contribution in [3.05, 3.63) is 24.5 Å². The Morgan fingerprint density at radius 2 is 2.12 bits per heavy atom. The van der Waals surface area contributed by atoms with Crippen LogP contribution < -0.4 is 10.2 Å². The molecule has 0 saturated carbocycles. The van der Waals surface area contributed by atoms with Gasteiger partial charge in [-0.2, -0.15) is 11.8 Å². The van der Waals surface area contributed by atoms with Crippen LogP contribution in [0.15, 0.2) is 24.5 Å². The number of amides is 3. The molecular formula is C11H13N3O2S. The summed E-state index contributed by atoms with van der Waals surface area (Å²) in [7, 11) is 0. The second kappa shape index (κ2) is 5.18. The van der Waals surface area contributed by atoms with Crippen molar-refractivity contribution in [1.82, 2.24) is 10.3 Å². The molecular weight excluding hydrogens is 238 g/mol. The summed E-state index contributed by atoms with van der Waals surface area (Å²) >= 11 is 1.66. The zero-order chi connectivity index (χ0) is 12.3. The van der Waals surface area contributed by atoms with E-state index in [1.807, 2.05) is 6.26 Å². The van der Waals surface area contributed by atoms with Gasteiger partial charge in [-0.15, -0.1) is 0 Å². The second-order valence-corrected chi connectivity index (χ2v) is 4.65. The molecule has 5 nitrogen and oxygen atoms in total. The van der Waals surface area contributed by atoms with Crippen molar-refractivity contribution in [2.45, 2.75) is 12.5 Å². The van der Waals surface area contributed by atoms with Crippen LogP contribution in [0.2, 0.25) is 0 Å². The van der Waals surface area contributed by atoms with E-state index < -0.39 is 6.04 Å². The predicted molar refractivity (Wildman–Crippen MR) is 67.0 cm³/mol. The van der Waals surface area contributed by atoms with E-state index in [9.17, 15) is 9.59 Å². The molecule has 90 valence electrons. The van der Waals surface area contributed by atoms with Gasteiger partial charge in [-0.25, -0.2) is 9.69 Å². The Balaban J connectivity index is 2.15. The van der Waals surface area contributed by atoms with Gasteiger partial charge in [0.05, 0.1) is 5.69 Å². The lowest BCUT2D eigenvalue weighted by Gasteiger charge is -2.12. The van der Waals surface area contributed by atoms with Crippen LogP contribution in [0.5, 0.6) is 0 Å². The molecule has 3 amide bonds. The number of rotatable bonds is 4. The minimum Gasteiger partial charge on any atom is -0.325 e. The Labute approximate surface area is 104 Å². The minimum absolute atomic E-state index is 0.185. The summed E-state index contributed by atoms with van der Waals surface area (Å²) in [6, 6.07) is 2.54. The topological polar surface area (TPSA) is 62.3 Å². The highest BCUT2D eigenvalue weighted by Crippen LogP contribution is 2.19. The van der Waals surface area contributed by atoms with E-state index in [4.69, 9.17) is 0 Å². The molecule has 1 saturated heterocycles. The molecule has 6 heteroatoms. The average Bonchev–Trinajstić information content (AvgIpc) is 2.63. The number of imide groups is 1. The molecule has 1 unspecified atom stereocenters. The maximum absolute atomic E-state index is 12.0. The summed E-state index contributed by atoms with van der Waals surface area (Å²) in [5.74, 6) is 0.663. The van der Waals surface area contributed by atoms with Crippen molar-refractivity contribution in [3.8, 4) is 0 Å². The van der Waals surface area contributed by atoms with Gasteiger partial charge in [0, 0.05) is 12.4 Å². The number of carbonyl (C=O) groups excluding carboxylic acids is 2. The number of urea groups is 1. The molecule has 1 aromatic heterocycles. The predicted octanol–water partition coefficient (Wildman–Crippen LogP) is 1.26. The molecule has 2 rings (SSSR count). The Morgan fingerprint density at radius 3 is 2.76 bits per heavy atom. The Hall–Kier alpha value is -1.56. The van der Waals surface area contributed by atoms with E-state index in [1.54, 1.807) is 36.3 Å². The zero-order valence-corrected chi connectivity index (χ0v) is 10.2. The molecule has 2 heterocycles. The fourth-order valence-corrected chi connectivity index (χ4v) is 2.17. The zero-order valence-electron chi connectivity index (χ0n) is 9.42. The molecule has 1 atom stereocenters. The first-order valence-electron chi connectivity index (χ1n) is 5.27. The standard InChI is InChI=1S/C11H13N3O2S/c1-17-7-4-9-10(15)14(11(16)13-9)8-2-5-12-6-3-8/h2-3,5-6,9H,4,7H2,1H3,(H,13,16). The smallest absolute Gasteiger partial charge is 0.325 e. The fourth-order valence-electron chi connectivity index (χ4n) is 1.70. The van der Waals surface area contributed by atoms with Crippen LogP contribution in [0, 0.1) is 0 Å². The molecule has 1 aromatic rings. The van der Waals surface area contributed by atoms with Crippen LogP contribution in [0.1, 0.15) is 6.42 Å². The lowest BCUT2D eigenvalue weighted by atomic mass is 10.2. The number of hydrogen-bond donors (Lipinski definition) is 1. The van der Waals surface area contributed by atoms with Crippen molar-refractivity contribution in [2.24, 2.45) is 0 Å². The number of pyridine rings is 1. The van der Waals surface area contributed by atoms with Gasteiger partial charge in [-0.3, -0.25) is 9.78 Å². The SMILES string of the molecule is CSCCC1NC(=O)N(c2ccncc2)C1=O. The number of hydrogen-bond acceptors (Lipinski definition) is 4. The van der Waals surface area contributed by atoms with Gasteiger partial charge in [0.25, 0.3) is 5.91 Å². The van der Waals surface area contributed by atoms with Crippen LogP contribution in [0.4, 0.5) is 10.5 Å². The summed E-state index contributed by atoms with van der Waals surface area (Å²) in [6.45, 7) is 0. The van der Waals surface area contributed by atoms with Crippen LogP contribution in [-0.4, -0.2) is 35.0 Å². The van der Waals surface area contributed by atoms with Gasteiger partial charge >= 0.3 is 6.03 Å². The molecule has 17 heavy (non-hydrogen) atoms. The summed E-state index contributed by atoms with van der Waals surface area (Å²) in [5.41, 5.74) is 0.564. The van der Waals surface area contributed by atoms with Crippen molar-refractivity contribution >= 4 is 29.4 Å². The van der Waals surface area contributed by atoms with Crippen LogP contribution in [0.3, 0.4) is 0 Å². The van der Waals surface area contributed by atoms with Gasteiger partial charge in [0.15, 0.2) is 0 Å². The molecule has 1 aliphatic heterocycles. The highest BCUT2D eigenvalue weighted by molar-refractivity contribution is 7.98. The number of aromatic nitrogens is 1. The summed E-state index contributed by atoms with van der Waals surface area (Å²) in [4.78, 5) is 28.8. The fraction of sp³-hybridized carbons (Fsp3) is 0.364. The number of nitrogens with one attached hydrogen (secondary N) is 1. The van der Waals surface area contributed by atoms with E-state index in [1.165, 1.54) is 4.90 Å². The van der Waals surface area contributed by atoms with E-state index in [2.05, 4.69) is 10.3 Å². The van der Waals surface area contributed by atoms with Gasteiger partial charge in [-0.05, 0) is 30.6 Å². The minimum atomic E-state index is -0.400. The summed E-state index contributed by atoms with van der Waals surface area (Å²) < 4.78 is 0. The molecule has 0 radical (unpaired) electrons. The largest absolute Gasteiger partial charge is 0.329 e. The van der Waals surface area contributed by atoms with Gasteiger partial charge < -0.3 is 5.32 Å². The maximum Gasteiger partial charge on any atom is 0.329 e. The lowest BCUT2D eigenvalue weighted by Crippen LogP contribution is -2.31. The highest BCUT2D eigenvalue weighted by atomic mass is 32.2. The molecule has 1 fully saturated rings. The maximum atomic E-state index is 12.0. The van der Waals surface area contributed by atoms with Gasteiger partial charge in [0.1, 0.15) is 6.04 Å². The third-order valence-electron chi connectivity index (χ3n) is 2.55.